The van der Waals surface area contributed by atoms with Crippen LogP contribution >= 0.6 is 0 Å². The summed E-state index contributed by atoms with van der Waals surface area (Å²) < 4.78 is 12.8. The molecule has 0 atom stereocenters. The maximum Gasteiger partial charge on any atom is 0.230 e. The molecule has 0 heterocycles. The monoisotopic (exact) mass is 221 g/mol. The zero-order chi connectivity index (χ0) is 11.8. The molecule has 2 rings (SSSR count). The number of halogens is 1. The van der Waals surface area contributed by atoms with Crippen molar-refractivity contribution in [2.45, 2.75) is 38.1 Å². The van der Waals surface area contributed by atoms with E-state index in [1.54, 1.807) is 12.1 Å². The number of nitrogens with one attached hydrogen (secondary N) is 1. The van der Waals surface area contributed by atoms with Gasteiger partial charge in [0, 0.05) is 6.04 Å². The van der Waals surface area contributed by atoms with Crippen LogP contribution < -0.4 is 5.32 Å². The lowest BCUT2D eigenvalue weighted by Crippen LogP contribution is -2.41. The highest BCUT2D eigenvalue weighted by atomic mass is 19.1. The SMILES string of the molecule is CC(C)(C(=O)NC1CC1)c1ccc(F)cc1. The van der Waals surface area contributed by atoms with E-state index < -0.39 is 5.41 Å². The molecule has 2 nitrogen and oxygen atoms in total. The Kier molecular flexibility index (Phi) is 2.70. The second-order valence-corrected chi connectivity index (χ2v) is 4.88. The number of hydrogen-bond acceptors (Lipinski definition) is 1. The molecule has 1 aromatic rings. The van der Waals surface area contributed by atoms with Crippen LogP contribution in [0.15, 0.2) is 24.3 Å². The maximum atomic E-state index is 12.8. The molecule has 16 heavy (non-hydrogen) atoms. The Morgan fingerprint density at radius 1 is 1.31 bits per heavy atom. The summed E-state index contributed by atoms with van der Waals surface area (Å²) in [4.78, 5) is 12.0. The van der Waals surface area contributed by atoms with Gasteiger partial charge >= 0.3 is 0 Å². The minimum absolute atomic E-state index is 0.0154. The van der Waals surface area contributed by atoms with Crippen molar-refractivity contribution >= 4 is 5.91 Å². The van der Waals surface area contributed by atoms with Crippen LogP contribution in [0.4, 0.5) is 4.39 Å². The lowest BCUT2D eigenvalue weighted by molar-refractivity contribution is -0.125. The van der Waals surface area contributed by atoms with Crippen molar-refractivity contribution in [2.75, 3.05) is 0 Å². The molecule has 1 aromatic carbocycles. The van der Waals surface area contributed by atoms with E-state index in [1.807, 2.05) is 13.8 Å². The van der Waals surface area contributed by atoms with Gasteiger partial charge in [-0.3, -0.25) is 4.79 Å². The molecule has 0 aliphatic heterocycles. The van der Waals surface area contributed by atoms with Crippen molar-refractivity contribution in [2.24, 2.45) is 0 Å². The van der Waals surface area contributed by atoms with Gasteiger partial charge < -0.3 is 5.32 Å². The smallest absolute Gasteiger partial charge is 0.230 e. The lowest BCUT2D eigenvalue weighted by Gasteiger charge is -2.24. The topological polar surface area (TPSA) is 29.1 Å². The molecule has 0 spiro atoms. The number of carbonyl (C=O) groups excluding carboxylic acids is 1. The highest BCUT2D eigenvalue weighted by Crippen LogP contribution is 2.26. The number of benzene rings is 1. The van der Waals surface area contributed by atoms with E-state index in [1.165, 1.54) is 12.1 Å². The van der Waals surface area contributed by atoms with E-state index in [0.717, 1.165) is 18.4 Å². The molecule has 1 aliphatic carbocycles. The normalized spacial score (nSPS) is 15.9. The standard InChI is InChI=1S/C13H16FNO/c1-13(2,12(16)15-11-7-8-11)9-3-5-10(14)6-4-9/h3-6,11H,7-8H2,1-2H3,(H,15,16). The molecule has 1 N–H and O–H groups in total. The Hall–Kier alpha value is -1.38. The van der Waals surface area contributed by atoms with Gasteiger partial charge in [0.25, 0.3) is 0 Å². The number of carbonyl (C=O) groups is 1. The first-order valence-electron chi connectivity index (χ1n) is 5.57. The molecule has 1 saturated carbocycles. The van der Waals surface area contributed by atoms with Gasteiger partial charge in [0.05, 0.1) is 5.41 Å². The number of amides is 1. The van der Waals surface area contributed by atoms with E-state index in [4.69, 9.17) is 0 Å². The van der Waals surface area contributed by atoms with Crippen LogP contribution in [0.2, 0.25) is 0 Å². The van der Waals surface area contributed by atoms with Crippen molar-refractivity contribution in [3.05, 3.63) is 35.6 Å². The Morgan fingerprint density at radius 3 is 2.38 bits per heavy atom. The zero-order valence-corrected chi connectivity index (χ0v) is 9.59. The molecule has 1 amide bonds. The van der Waals surface area contributed by atoms with Crippen LogP contribution in [0.25, 0.3) is 0 Å². The Balaban J connectivity index is 2.15. The summed E-state index contributed by atoms with van der Waals surface area (Å²) in [6, 6.07) is 6.47. The van der Waals surface area contributed by atoms with Gasteiger partial charge in [0.1, 0.15) is 5.82 Å². The first kappa shape index (κ1) is 11.1. The van der Waals surface area contributed by atoms with Crippen LogP contribution in [-0.2, 0) is 10.2 Å². The Morgan fingerprint density at radius 2 is 1.88 bits per heavy atom. The molecule has 1 fully saturated rings. The van der Waals surface area contributed by atoms with Crippen molar-refractivity contribution < 1.29 is 9.18 Å². The average Bonchev–Trinajstić information content (AvgIpc) is 3.02. The van der Waals surface area contributed by atoms with E-state index in [2.05, 4.69) is 5.32 Å². The summed E-state index contributed by atoms with van der Waals surface area (Å²) in [6.07, 6.45) is 2.15. The molecule has 0 aromatic heterocycles. The Labute approximate surface area is 94.9 Å². The van der Waals surface area contributed by atoms with Crippen molar-refractivity contribution in [1.29, 1.82) is 0 Å². The van der Waals surface area contributed by atoms with Gasteiger partial charge in [-0.2, -0.15) is 0 Å². The zero-order valence-electron chi connectivity index (χ0n) is 9.59. The summed E-state index contributed by atoms with van der Waals surface area (Å²) in [6.45, 7) is 3.72. The molecule has 3 heteroatoms. The predicted octanol–water partition coefficient (Wildman–Crippen LogP) is 2.38. The van der Waals surface area contributed by atoms with Crippen molar-refractivity contribution in [3.8, 4) is 0 Å². The minimum Gasteiger partial charge on any atom is -0.353 e. The quantitative estimate of drug-likeness (QED) is 0.834. The van der Waals surface area contributed by atoms with Gasteiger partial charge in [0.2, 0.25) is 5.91 Å². The largest absolute Gasteiger partial charge is 0.353 e. The van der Waals surface area contributed by atoms with E-state index in [9.17, 15) is 9.18 Å². The van der Waals surface area contributed by atoms with Gasteiger partial charge in [-0.1, -0.05) is 12.1 Å². The fraction of sp³-hybridized carbons (Fsp3) is 0.462. The summed E-state index contributed by atoms with van der Waals surface area (Å²) in [5, 5.41) is 2.97. The van der Waals surface area contributed by atoms with Gasteiger partial charge in [-0.15, -0.1) is 0 Å². The average molecular weight is 221 g/mol. The van der Waals surface area contributed by atoms with Gasteiger partial charge in [-0.05, 0) is 44.4 Å². The summed E-state index contributed by atoms with van der Waals surface area (Å²) in [5.74, 6) is -0.260. The van der Waals surface area contributed by atoms with Crippen LogP contribution in [0.5, 0.6) is 0 Å². The van der Waals surface area contributed by atoms with Gasteiger partial charge in [-0.25, -0.2) is 4.39 Å². The van der Waals surface area contributed by atoms with Crippen LogP contribution in [0, 0.1) is 5.82 Å². The third-order valence-electron chi connectivity index (χ3n) is 3.05. The third-order valence-corrected chi connectivity index (χ3v) is 3.05. The van der Waals surface area contributed by atoms with E-state index in [0.29, 0.717) is 6.04 Å². The lowest BCUT2D eigenvalue weighted by atomic mass is 9.83. The summed E-state index contributed by atoms with van der Waals surface area (Å²) >= 11 is 0. The predicted molar refractivity (Wildman–Crippen MR) is 60.6 cm³/mol. The first-order chi connectivity index (χ1) is 7.50. The summed E-state index contributed by atoms with van der Waals surface area (Å²) in [7, 11) is 0. The van der Waals surface area contributed by atoms with E-state index >= 15 is 0 Å². The third kappa shape index (κ3) is 2.23. The minimum atomic E-state index is -0.601. The highest BCUT2D eigenvalue weighted by Gasteiger charge is 2.33. The molecular weight excluding hydrogens is 205 g/mol. The van der Waals surface area contributed by atoms with Crippen LogP contribution in [0.3, 0.4) is 0 Å². The number of hydrogen-bond donors (Lipinski definition) is 1. The Bertz CT molecular complexity index is 393. The van der Waals surface area contributed by atoms with Crippen LogP contribution in [0.1, 0.15) is 32.3 Å². The highest BCUT2D eigenvalue weighted by molar-refractivity contribution is 5.87. The van der Waals surface area contributed by atoms with Crippen LogP contribution in [-0.4, -0.2) is 11.9 Å². The molecule has 1 aliphatic rings. The van der Waals surface area contributed by atoms with Crippen molar-refractivity contribution in [3.63, 3.8) is 0 Å². The fourth-order valence-corrected chi connectivity index (χ4v) is 1.59. The second kappa shape index (κ2) is 3.89. The van der Waals surface area contributed by atoms with Gasteiger partial charge in [0.15, 0.2) is 0 Å². The summed E-state index contributed by atoms with van der Waals surface area (Å²) in [5.41, 5.74) is 0.239. The molecule has 0 unspecified atom stereocenters. The molecule has 0 radical (unpaired) electrons. The van der Waals surface area contributed by atoms with E-state index in [-0.39, 0.29) is 11.7 Å². The maximum absolute atomic E-state index is 12.8. The molecular formula is C13H16FNO. The molecule has 0 bridgehead atoms. The second-order valence-electron chi connectivity index (χ2n) is 4.88. The molecule has 86 valence electrons. The molecule has 0 saturated heterocycles. The first-order valence-corrected chi connectivity index (χ1v) is 5.57. The number of rotatable bonds is 3. The van der Waals surface area contributed by atoms with Crippen molar-refractivity contribution in [1.82, 2.24) is 5.32 Å². The fourth-order valence-electron chi connectivity index (χ4n) is 1.59.